The fourth-order valence-corrected chi connectivity index (χ4v) is 2.70. The number of carbonyl (C=O) groups is 1. The molecule has 0 aliphatic heterocycles. The van der Waals surface area contributed by atoms with Crippen molar-refractivity contribution < 1.29 is 23.0 Å². The van der Waals surface area contributed by atoms with Gasteiger partial charge in [0.15, 0.2) is 11.6 Å². The second kappa shape index (κ2) is 6.91. The number of ether oxygens (including phenoxy) is 2. The van der Waals surface area contributed by atoms with Gasteiger partial charge in [-0.25, -0.2) is 13.6 Å². The van der Waals surface area contributed by atoms with Gasteiger partial charge in [0.05, 0.1) is 23.6 Å². The minimum absolute atomic E-state index is 0.0753. The first-order valence-electron chi connectivity index (χ1n) is 6.69. The maximum Gasteiger partial charge on any atom is 0.343 e. The number of fused-ring (bicyclic) bond motifs is 1. The van der Waals surface area contributed by atoms with E-state index in [1.165, 1.54) is 6.20 Å². The fraction of sp³-hybridized carbons (Fsp3) is 0.333. The van der Waals surface area contributed by atoms with Crippen LogP contribution in [-0.2, 0) is 4.74 Å². The number of nitrogens with zero attached hydrogens (tertiary/aromatic N) is 1. The third kappa shape index (κ3) is 2.85. The zero-order chi connectivity index (χ0) is 16.3. The van der Waals surface area contributed by atoms with E-state index in [0.717, 1.165) is 17.8 Å². The van der Waals surface area contributed by atoms with Gasteiger partial charge in [0.25, 0.3) is 0 Å². The van der Waals surface area contributed by atoms with Gasteiger partial charge in [-0.1, -0.05) is 0 Å². The Labute approximate surface area is 130 Å². The van der Waals surface area contributed by atoms with E-state index >= 15 is 0 Å². The van der Waals surface area contributed by atoms with Gasteiger partial charge in [-0.2, -0.15) is 0 Å². The molecule has 0 radical (unpaired) electrons. The van der Waals surface area contributed by atoms with Crippen LogP contribution >= 0.6 is 11.8 Å². The molecule has 0 atom stereocenters. The van der Waals surface area contributed by atoms with Crippen molar-refractivity contribution in [1.29, 1.82) is 0 Å². The molecule has 7 heteroatoms. The molecule has 0 bridgehead atoms. The van der Waals surface area contributed by atoms with Crippen molar-refractivity contribution >= 4 is 28.6 Å². The molecule has 118 valence electrons. The van der Waals surface area contributed by atoms with Gasteiger partial charge in [-0.3, -0.25) is 4.98 Å². The van der Waals surface area contributed by atoms with Crippen LogP contribution in [0, 0.1) is 11.6 Å². The van der Waals surface area contributed by atoms with E-state index in [-0.39, 0.29) is 40.3 Å². The summed E-state index contributed by atoms with van der Waals surface area (Å²) in [5.41, 5.74) is 0.345. The number of esters is 1. The van der Waals surface area contributed by atoms with Crippen LogP contribution in [0.1, 0.15) is 24.2 Å². The predicted molar refractivity (Wildman–Crippen MR) is 80.6 cm³/mol. The van der Waals surface area contributed by atoms with E-state index in [4.69, 9.17) is 9.47 Å². The highest BCUT2D eigenvalue weighted by Gasteiger charge is 2.22. The molecule has 1 aromatic carbocycles. The van der Waals surface area contributed by atoms with Crippen LogP contribution in [0.3, 0.4) is 0 Å². The Balaban J connectivity index is 2.79. The number of rotatable bonds is 5. The SMILES string of the molecule is CCOC(=O)c1cnc2c(SC)c(F)c(F)cc2c1OCC. The summed E-state index contributed by atoms with van der Waals surface area (Å²) in [6, 6.07) is 0.991. The summed E-state index contributed by atoms with van der Waals surface area (Å²) in [5.74, 6) is -2.43. The summed E-state index contributed by atoms with van der Waals surface area (Å²) in [5, 5.41) is 0.246. The van der Waals surface area contributed by atoms with Crippen LogP contribution in [0.15, 0.2) is 17.2 Å². The van der Waals surface area contributed by atoms with Crippen molar-refractivity contribution in [3.8, 4) is 5.75 Å². The number of benzene rings is 1. The van der Waals surface area contributed by atoms with Crippen molar-refractivity contribution in [3.63, 3.8) is 0 Å². The standard InChI is InChI=1S/C15H15F2NO3S/c1-4-20-13-8-6-10(16)11(17)14(22-3)12(8)18-7-9(13)15(19)21-5-2/h6-7H,4-5H2,1-3H3. The number of carbonyl (C=O) groups excluding carboxylic acids is 1. The van der Waals surface area contributed by atoms with Gasteiger partial charge in [0, 0.05) is 11.6 Å². The molecule has 0 saturated carbocycles. The van der Waals surface area contributed by atoms with E-state index in [1.54, 1.807) is 20.1 Å². The Bertz CT molecular complexity index is 722. The van der Waals surface area contributed by atoms with E-state index < -0.39 is 17.6 Å². The Hall–Kier alpha value is -1.89. The van der Waals surface area contributed by atoms with Gasteiger partial charge in [0.2, 0.25) is 0 Å². The van der Waals surface area contributed by atoms with Crippen LogP contribution < -0.4 is 4.74 Å². The molecule has 0 aliphatic carbocycles. The van der Waals surface area contributed by atoms with E-state index in [0.29, 0.717) is 0 Å². The fourth-order valence-electron chi connectivity index (χ4n) is 2.07. The summed E-state index contributed by atoms with van der Waals surface area (Å²) < 4.78 is 38.1. The average Bonchev–Trinajstić information content (AvgIpc) is 2.50. The van der Waals surface area contributed by atoms with Gasteiger partial charge in [-0.05, 0) is 26.2 Å². The number of halogens is 2. The number of pyridine rings is 1. The third-order valence-electron chi connectivity index (χ3n) is 2.95. The number of hydrogen-bond donors (Lipinski definition) is 0. The maximum atomic E-state index is 13.9. The lowest BCUT2D eigenvalue weighted by Gasteiger charge is -2.14. The molecule has 0 spiro atoms. The van der Waals surface area contributed by atoms with Crippen LogP contribution in [0.5, 0.6) is 5.75 Å². The van der Waals surface area contributed by atoms with E-state index in [2.05, 4.69) is 4.98 Å². The van der Waals surface area contributed by atoms with Gasteiger partial charge < -0.3 is 9.47 Å². The van der Waals surface area contributed by atoms with Crippen LogP contribution in [0.4, 0.5) is 8.78 Å². The molecule has 2 rings (SSSR count). The topological polar surface area (TPSA) is 48.4 Å². The molecule has 0 fully saturated rings. The highest BCUT2D eigenvalue weighted by molar-refractivity contribution is 7.98. The molecule has 22 heavy (non-hydrogen) atoms. The van der Waals surface area contributed by atoms with Crippen molar-refractivity contribution in [1.82, 2.24) is 4.98 Å². The quantitative estimate of drug-likeness (QED) is 0.617. The molecule has 0 saturated heterocycles. The molecule has 0 unspecified atom stereocenters. The lowest BCUT2D eigenvalue weighted by atomic mass is 10.1. The highest BCUT2D eigenvalue weighted by Crippen LogP contribution is 2.36. The molecule has 1 heterocycles. The number of hydrogen-bond acceptors (Lipinski definition) is 5. The normalized spacial score (nSPS) is 10.8. The summed E-state index contributed by atoms with van der Waals surface area (Å²) in [7, 11) is 0. The van der Waals surface area contributed by atoms with Crippen molar-refractivity contribution in [2.45, 2.75) is 18.7 Å². The second-order valence-electron chi connectivity index (χ2n) is 4.26. The molecular weight excluding hydrogens is 312 g/mol. The first-order valence-corrected chi connectivity index (χ1v) is 7.92. The summed E-state index contributed by atoms with van der Waals surface area (Å²) in [6.07, 6.45) is 2.89. The minimum Gasteiger partial charge on any atom is -0.492 e. The molecule has 0 N–H and O–H groups in total. The Kier molecular flexibility index (Phi) is 5.18. The van der Waals surface area contributed by atoms with E-state index in [1.807, 2.05) is 0 Å². The highest BCUT2D eigenvalue weighted by atomic mass is 32.2. The first kappa shape index (κ1) is 16.5. The van der Waals surface area contributed by atoms with Crippen molar-refractivity contribution in [2.24, 2.45) is 0 Å². The summed E-state index contributed by atoms with van der Waals surface area (Å²) >= 11 is 1.04. The summed E-state index contributed by atoms with van der Waals surface area (Å²) in [6.45, 7) is 3.86. The van der Waals surface area contributed by atoms with Gasteiger partial charge >= 0.3 is 5.97 Å². The zero-order valence-corrected chi connectivity index (χ0v) is 13.2. The molecule has 2 aromatic rings. The third-order valence-corrected chi connectivity index (χ3v) is 3.73. The predicted octanol–water partition coefficient (Wildman–Crippen LogP) is 3.81. The van der Waals surface area contributed by atoms with Crippen molar-refractivity contribution in [3.05, 3.63) is 29.5 Å². The van der Waals surface area contributed by atoms with E-state index in [9.17, 15) is 13.6 Å². The first-order chi connectivity index (χ1) is 10.5. The molecule has 0 amide bonds. The number of aromatic nitrogens is 1. The molecule has 0 aliphatic rings. The molecular formula is C15H15F2NO3S. The summed E-state index contributed by atoms with van der Waals surface area (Å²) in [4.78, 5) is 16.1. The monoisotopic (exact) mass is 327 g/mol. The second-order valence-corrected chi connectivity index (χ2v) is 5.07. The lowest BCUT2D eigenvalue weighted by molar-refractivity contribution is 0.0522. The average molecular weight is 327 g/mol. The number of thioether (sulfide) groups is 1. The Morgan fingerprint density at radius 2 is 2.05 bits per heavy atom. The van der Waals surface area contributed by atoms with Crippen LogP contribution in [0.2, 0.25) is 0 Å². The zero-order valence-electron chi connectivity index (χ0n) is 12.4. The smallest absolute Gasteiger partial charge is 0.343 e. The van der Waals surface area contributed by atoms with Crippen LogP contribution in [-0.4, -0.2) is 30.4 Å². The Morgan fingerprint density at radius 1 is 1.32 bits per heavy atom. The minimum atomic E-state index is -1.01. The Morgan fingerprint density at radius 3 is 2.64 bits per heavy atom. The largest absolute Gasteiger partial charge is 0.492 e. The van der Waals surface area contributed by atoms with Gasteiger partial charge in [-0.15, -0.1) is 11.8 Å². The molecule has 1 aromatic heterocycles. The van der Waals surface area contributed by atoms with Crippen molar-refractivity contribution in [2.75, 3.05) is 19.5 Å². The lowest BCUT2D eigenvalue weighted by Crippen LogP contribution is -2.09. The maximum absolute atomic E-state index is 13.9. The van der Waals surface area contributed by atoms with Gasteiger partial charge in [0.1, 0.15) is 11.3 Å². The molecule has 4 nitrogen and oxygen atoms in total. The van der Waals surface area contributed by atoms with Crippen LogP contribution in [0.25, 0.3) is 10.9 Å².